The zero-order chi connectivity index (χ0) is 30.7. The van der Waals surface area contributed by atoms with Crippen molar-refractivity contribution in [3.8, 4) is 0 Å². The summed E-state index contributed by atoms with van der Waals surface area (Å²) in [5.74, 6) is -0.361. The smallest absolute Gasteiger partial charge is 0.416 e. The Morgan fingerprint density at radius 3 is 2.22 bits per heavy atom. The van der Waals surface area contributed by atoms with Gasteiger partial charge in [-0.3, -0.25) is 4.79 Å². The summed E-state index contributed by atoms with van der Waals surface area (Å²) in [6, 6.07) is 10.7. The molecule has 0 unspecified atom stereocenters. The van der Waals surface area contributed by atoms with Gasteiger partial charge in [0.05, 0.1) is 24.7 Å². The van der Waals surface area contributed by atoms with E-state index in [1.807, 2.05) is 13.8 Å². The molecule has 0 heterocycles. The maximum Gasteiger partial charge on any atom is 0.416 e. The van der Waals surface area contributed by atoms with Crippen LogP contribution in [0.15, 0.2) is 53.4 Å². The number of methoxy groups -OCH3 is 1. The lowest BCUT2D eigenvalue weighted by Gasteiger charge is -2.32. The van der Waals surface area contributed by atoms with Crippen LogP contribution in [0.3, 0.4) is 0 Å². The predicted octanol–water partition coefficient (Wildman–Crippen LogP) is 4.04. The molecule has 2 aromatic rings. The molecule has 0 aromatic heterocycles. The lowest BCUT2D eigenvalue weighted by atomic mass is 10.0. The zero-order valence-electron chi connectivity index (χ0n) is 24.2. The number of sulfonamides is 1. The first-order chi connectivity index (χ1) is 19.3. The normalized spacial score (nSPS) is 14.1. The summed E-state index contributed by atoms with van der Waals surface area (Å²) >= 11 is 6.22. The number of carbonyl (C=O) groups is 2. The number of nitrogen functional groups attached to an aromatic ring is 1. The molecule has 12 heteroatoms. The van der Waals surface area contributed by atoms with E-state index in [1.54, 1.807) is 31.2 Å². The highest BCUT2D eigenvalue weighted by atomic mass is 35.5. The molecule has 0 radical (unpaired) electrons. The van der Waals surface area contributed by atoms with Gasteiger partial charge in [-0.1, -0.05) is 43.6 Å². The van der Waals surface area contributed by atoms with Crippen LogP contribution in [0.2, 0.25) is 5.02 Å². The molecule has 2 aromatic carbocycles. The zero-order valence-corrected chi connectivity index (χ0v) is 25.8. The number of rotatable bonds is 15. The molecule has 5 N–H and O–H groups in total. The molecule has 228 valence electrons. The molecule has 0 spiro atoms. The Bertz CT molecular complexity index is 1240. The van der Waals surface area contributed by atoms with Crippen LogP contribution in [0.1, 0.15) is 52.0 Å². The summed E-state index contributed by atoms with van der Waals surface area (Å²) in [6.45, 7) is 5.54. The van der Waals surface area contributed by atoms with E-state index in [0.717, 1.165) is 4.90 Å². The van der Waals surface area contributed by atoms with Crippen LogP contribution in [0.5, 0.6) is 0 Å². The molecule has 10 nitrogen and oxygen atoms in total. The third-order valence-corrected chi connectivity index (χ3v) is 9.29. The molecular weight excluding hydrogens is 568 g/mol. The van der Waals surface area contributed by atoms with Crippen LogP contribution in [-0.4, -0.2) is 73.1 Å². The standard InChI is InChI=1S/C29H43ClN4O6S/c1-20(2)16-17-33(41(38,39)25-14-12-23(31)13-15-25)24(19-35)10-7-8-21(3)34(29(37)40-4)28(36)27(32)18-22-9-5-6-11-26(22)30/h5-6,9,11-15,20-21,24,27,35H,7-8,10,16-19,31-32H2,1-4H3/t21-,24-,27-/m0/s1. The summed E-state index contributed by atoms with van der Waals surface area (Å²) in [5, 5.41) is 10.7. The van der Waals surface area contributed by atoms with Gasteiger partial charge in [0.1, 0.15) is 0 Å². The van der Waals surface area contributed by atoms with Crippen LogP contribution in [0.4, 0.5) is 10.5 Å². The Kier molecular flexibility index (Phi) is 13.5. The monoisotopic (exact) mass is 610 g/mol. The van der Waals surface area contributed by atoms with E-state index in [-0.39, 0.29) is 30.4 Å². The van der Waals surface area contributed by atoms with Crippen molar-refractivity contribution in [2.45, 2.75) is 75.9 Å². The van der Waals surface area contributed by atoms with E-state index in [2.05, 4.69) is 0 Å². The van der Waals surface area contributed by atoms with Gasteiger partial charge in [-0.25, -0.2) is 18.1 Å². The van der Waals surface area contributed by atoms with Crippen molar-refractivity contribution in [1.82, 2.24) is 9.21 Å². The molecule has 0 aliphatic carbocycles. The minimum Gasteiger partial charge on any atom is -0.452 e. The van der Waals surface area contributed by atoms with Crippen molar-refractivity contribution in [3.63, 3.8) is 0 Å². The molecule has 41 heavy (non-hydrogen) atoms. The fourth-order valence-corrected chi connectivity index (χ4v) is 6.39. The molecule has 3 atom stereocenters. The summed E-state index contributed by atoms with van der Waals surface area (Å²) in [7, 11) is -2.73. The number of aliphatic hydroxyl groups is 1. The Hall–Kier alpha value is -2.70. The molecule has 0 aliphatic rings. The average molecular weight is 611 g/mol. The lowest BCUT2D eigenvalue weighted by molar-refractivity contribution is -0.132. The number of hydrogen-bond acceptors (Lipinski definition) is 8. The minimum atomic E-state index is -3.92. The first-order valence-corrected chi connectivity index (χ1v) is 15.5. The number of carbonyl (C=O) groups excluding carboxylic acids is 2. The van der Waals surface area contributed by atoms with Gasteiger partial charge in [-0.15, -0.1) is 0 Å². The molecule has 0 fully saturated rings. The van der Waals surface area contributed by atoms with Crippen molar-refractivity contribution < 1.29 is 27.9 Å². The fraction of sp³-hybridized carbons (Fsp3) is 0.517. The van der Waals surface area contributed by atoms with E-state index in [9.17, 15) is 23.1 Å². The largest absolute Gasteiger partial charge is 0.452 e. The highest BCUT2D eigenvalue weighted by molar-refractivity contribution is 7.89. The van der Waals surface area contributed by atoms with Crippen molar-refractivity contribution in [1.29, 1.82) is 0 Å². The molecule has 0 bridgehead atoms. The van der Waals surface area contributed by atoms with Crippen molar-refractivity contribution in [2.75, 3.05) is 26.0 Å². The Balaban J connectivity index is 2.16. The van der Waals surface area contributed by atoms with Gasteiger partial charge in [0, 0.05) is 29.3 Å². The summed E-state index contributed by atoms with van der Waals surface area (Å²) in [4.78, 5) is 26.9. The Morgan fingerprint density at radius 1 is 1.02 bits per heavy atom. The van der Waals surface area contributed by atoms with Gasteiger partial charge >= 0.3 is 6.09 Å². The van der Waals surface area contributed by atoms with Crippen molar-refractivity contribution in [2.24, 2.45) is 11.7 Å². The number of anilines is 1. The summed E-state index contributed by atoms with van der Waals surface area (Å²) in [5.41, 5.74) is 13.1. The van der Waals surface area contributed by atoms with Crippen molar-refractivity contribution in [3.05, 3.63) is 59.1 Å². The van der Waals surface area contributed by atoms with E-state index in [1.165, 1.54) is 35.7 Å². The highest BCUT2D eigenvalue weighted by Gasteiger charge is 2.34. The first kappa shape index (κ1) is 34.5. The fourth-order valence-electron chi connectivity index (χ4n) is 4.52. The second kappa shape index (κ2) is 16.1. The molecule has 0 saturated heterocycles. The van der Waals surface area contributed by atoms with E-state index in [4.69, 9.17) is 27.8 Å². The SMILES string of the molecule is COC(=O)N(C(=O)[C@@H](N)Cc1ccccc1Cl)[C@@H](C)CCC[C@@H](CO)N(CCC(C)C)S(=O)(=O)c1ccc(N)cc1. The number of aliphatic hydroxyl groups excluding tert-OH is 1. The van der Waals surface area contributed by atoms with Gasteiger partial charge in [-0.2, -0.15) is 4.31 Å². The molecule has 0 saturated carbocycles. The van der Waals surface area contributed by atoms with Crippen LogP contribution in [0.25, 0.3) is 0 Å². The second-order valence-corrected chi connectivity index (χ2v) is 12.9. The number of benzene rings is 2. The van der Waals surface area contributed by atoms with E-state index in [0.29, 0.717) is 42.0 Å². The lowest BCUT2D eigenvalue weighted by Crippen LogP contribution is -2.51. The van der Waals surface area contributed by atoms with Gasteiger partial charge in [0.25, 0.3) is 0 Å². The maximum absolute atomic E-state index is 13.6. The van der Waals surface area contributed by atoms with Gasteiger partial charge < -0.3 is 21.3 Å². The third kappa shape index (κ3) is 9.68. The van der Waals surface area contributed by atoms with Gasteiger partial charge in [0.15, 0.2) is 0 Å². The number of halogens is 1. The summed E-state index contributed by atoms with van der Waals surface area (Å²) < 4.78 is 33.3. The second-order valence-electron chi connectivity index (χ2n) is 10.6. The Labute approximate surface area is 248 Å². The molecule has 2 amide bonds. The number of hydrogen-bond donors (Lipinski definition) is 3. The van der Waals surface area contributed by atoms with Crippen LogP contribution >= 0.6 is 11.6 Å². The number of amides is 2. The predicted molar refractivity (Wildman–Crippen MR) is 161 cm³/mol. The number of imide groups is 1. The van der Waals surface area contributed by atoms with E-state index < -0.39 is 40.1 Å². The molecule has 0 aliphatic heterocycles. The Morgan fingerprint density at radius 2 is 1.66 bits per heavy atom. The number of nitrogens with two attached hydrogens (primary N) is 2. The quantitative estimate of drug-likeness (QED) is 0.255. The molecular formula is C29H43ClN4O6S. The maximum atomic E-state index is 13.6. The topological polar surface area (TPSA) is 156 Å². The summed E-state index contributed by atoms with van der Waals surface area (Å²) in [6.07, 6.45) is 0.981. The van der Waals surface area contributed by atoms with Gasteiger partial charge in [-0.05, 0) is 80.8 Å². The highest BCUT2D eigenvalue weighted by Crippen LogP contribution is 2.24. The number of nitrogens with zero attached hydrogens (tertiary/aromatic N) is 2. The van der Waals surface area contributed by atoms with E-state index >= 15 is 0 Å². The van der Waals surface area contributed by atoms with Crippen molar-refractivity contribution >= 4 is 39.3 Å². The molecule has 2 rings (SSSR count). The average Bonchev–Trinajstić information content (AvgIpc) is 2.93. The number of ether oxygens (including phenoxy) is 1. The van der Waals surface area contributed by atoms with Crippen LogP contribution < -0.4 is 11.5 Å². The van der Waals surface area contributed by atoms with Crippen LogP contribution in [0, 0.1) is 5.92 Å². The van der Waals surface area contributed by atoms with Crippen LogP contribution in [-0.2, 0) is 26.0 Å². The first-order valence-electron chi connectivity index (χ1n) is 13.7. The third-order valence-electron chi connectivity index (χ3n) is 6.96. The van der Waals surface area contributed by atoms with Gasteiger partial charge in [0.2, 0.25) is 15.9 Å². The minimum absolute atomic E-state index is 0.0947.